The first-order valence-corrected chi connectivity index (χ1v) is 7.26. The lowest BCUT2D eigenvalue weighted by atomic mass is 10.2. The van der Waals surface area contributed by atoms with Crippen LogP contribution in [0.25, 0.3) is 0 Å². The second kappa shape index (κ2) is 6.13. The van der Waals surface area contributed by atoms with E-state index in [1.165, 1.54) is 19.1 Å². The number of hydrogen-bond acceptors (Lipinski definition) is 4. The molecule has 1 saturated carbocycles. The zero-order valence-corrected chi connectivity index (χ0v) is 11.7. The van der Waals surface area contributed by atoms with Crippen molar-refractivity contribution in [3.8, 4) is 0 Å². The molecule has 1 aliphatic carbocycles. The van der Waals surface area contributed by atoms with E-state index < -0.39 is 6.10 Å². The molecule has 1 atom stereocenters. The van der Waals surface area contributed by atoms with E-state index in [1.54, 1.807) is 29.1 Å². The smallest absolute Gasteiger partial charge is 0.240 e. The van der Waals surface area contributed by atoms with E-state index >= 15 is 0 Å². The molecular weight excluding hydrogens is 270 g/mol. The fraction of sp³-hybridized carbons (Fsp3) is 0.467. The van der Waals surface area contributed by atoms with Crippen molar-refractivity contribution in [1.29, 1.82) is 0 Å². The van der Waals surface area contributed by atoms with Gasteiger partial charge in [0.05, 0.1) is 6.26 Å². The Kier molecular flexibility index (Phi) is 4.06. The van der Waals surface area contributed by atoms with Crippen LogP contribution in [0.5, 0.6) is 0 Å². The van der Waals surface area contributed by atoms with Crippen LogP contribution in [0.1, 0.15) is 43.4 Å². The van der Waals surface area contributed by atoms with E-state index in [4.69, 9.17) is 4.42 Å². The number of nitrogens with zero attached hydrogens (tertiary/aromatic N) is 2. The highest BCUT2D eigenvalue weighted by Crippen LogP contribution is 2.21. The van der Waals surface area contributed by atoms with Crippen LogP contribution in [-0.2, 0) is 11.3 Å². The summed E-state index contributed by atoms with van der Waals surface area (Å²) in [6.07, 6.45) is 8.26. The normalized spacial score (nSPS) is 17.0. The summed E-state index contributed by atoms with van der Waals surface area (Å²) in [7, 11) is 0. The number of furan rings is 1. The Labute approximate surface area is 122 Å². The molecule has 0 aromatic carbocycles. The molecule has 0 saturated heterocycles. The highest BCUT2D eigenvalue weighted by molar-refractivity contribution is 5.76. The molecule has 1 fully saturated rings. The second-order valence-electron chi connectivity index (χ2n) is 5.38. The number of hydrogen-bond donors (Lipinski definition) is 2. The SMILES string of the molecule is O=C(Cn1ccnc1[C@H](O)c1ccco1)NC1CCCC1. The summed E-state index contributed by atoms with van der Waals surface area (Å²) < 4.78 is 6.83. The van der Waals surface area contributed by atoms with Gasteiger partial charge in [-0.2, -0.15) is 0 Å². The summed E-state index contributed by atoms with van der Waals surface area (Å²) in [6, 6.07) is 3.68. The first kappa shape index (κ1) is 13.9. The number of imidazole rings is 1. The molecule has 0 spiro atoms. The lowest BCUT2D eigenvalue weighted by Crippen LogP contribution is -2.35. The van der Waals surface area contributed by atoms with E-state index in [-0.39, 0.29) is 12.5 Å². The van der Waals surface area contributed by atoms with Gasteiger partial charge >= 0.3 is 0 Å². The van der Waals surface area contributed by atoms with E-state index in [2.05, 4.69) is 10.3 Å². The summed E-state index contributed by atoms with van der Waals surface area (Å²) >= 11 is 0. The Bertz CT molecular complexity index is 585. The Morgan fingerprint density at radius 3 is 3.05 bits per heavy atom. The van der Waals surface area contributed by atoms with Crippen LogP contribution in [0.4, 0.5) is 0 Å². The molecule has 0 radical (unpaired) electrons. The number of carbonyl (C=O) groups is 1. The van der Waals surface area contributed by atoms with Gasteiger partial charge in [-0.1, -0.05) is 12.8 Å². The minimum atomic E-state index is -0.964. The molecule has 6 nitrogen and oxygen atoms in total. The summed E-state index contributed by atoms with van der Waals surface area (Å²) in [4.78, 5) is 16.2. The lowest BCUT2D eigenvalue weighted by molar-refractivity contribution is -0.122. The van der Waals surface area contributed by atoms with Gasteiger partial charge in [-0.25, -0.2) is 4.98 Å². The van der Waals surface area contributed by atoms with Crippen LogP contribution >= 0.6 is 0 Å². The topological polar surface area (TPSA) is 80.3 Å². The average molecular weight is 289 g/mol. The number of nitrogens with one attached hydrogen (secondary N) is 1. The van der Waals surface area contributed by atoms with Crippen LogP contribution in [0, 0.1) is 0 Å². The van der Waals surface area contributed by atoms with E-state index in [0.717, 1.165) is 12.8 Å². The zero-order chi connectivity index (χ0) is 14.7. The van der Waals surface area contributed by atoms with Gasteiger partial charge in [0, 0.05) is 18.4 Å². The molecule has 2 heterocycles. The third-order valence-electron chi connectivity index (χ3n) is 3.84. The first-order valence-electron chi connectivity index (χ1n) is 7.26. The van der Waals surface area contributed by atoms with Crippen LogP contribution in [0.15, 0.2) is 35.2 Å². The van der Waals surface area contributed by atoms with Gasteiger partial charge in [-0.15, -0.1) is 0 Å². The van der Waals surface area contributed by atoms with Gasteiger partial charge in [-0.3, -0.25) is 4.79 Å². The molecule has 0 unspecified atom stereocenters. The van der Waals surface area contributed by atoms with E-state index in [9.17, 15) is 9.90 Å². The highest BCUT2D eigenvalue weighted by Gasteiger charge is 2.21. The molecule has 1 amide bonds. The van der Waals surface area contributed by atoms with Crippen molar-refractivity contribution < 1.29 is 14.3 Å². The van der Waals surface area contributed by atoms with Gasteiger partial charge in [0.2, 0.25) is 5.91 Å². The minimum Gasteiger partial charge on any atom is -0.466 e. The third kappa shape index (κ3) is 3.16. The van der Waals surface area contributed by atoms with E-state index in [0.29, 0.717) is 17.6 Å². The van der Waals surface area contributed by atoms with Crippen molar-refractivity contribution in [3.63, 3.8) is 0 Å². The maximum absolute atomic E-state index is 12.1. The van der Waals surface area contributed by atoms with Crippen molar-refractivity contribution >= 4 is 5.91 Å². The largest absolute Gasteiger partial charge is 0.466 e. The Morgan fingerprint density at radius 1 is 1.52 bits per heavy atom. The Morgan fingerprint density at radius 2 is 2.33 bits per heavy atom. The predicted octanol–water partition coefficient (Wildman–Crippen LogP) is 1.62. The predicted molar refractivity (Wildman–Crippen MR) is 75.4 cm³/mol. The van der Waals surface area contributed by atoms with Crippen molar-refractivity contribution in [2.45, 2.75) is 44.4 Å². The van der Waals surface area contributed by atoms with Crippen molar-refractivity contribution in [3.05, 3.63) is 42.4 Å². The summed E-state index contributed by atoms with van der Waals surface area (Å²) in [5.74, 6) is 0.776. The standard InChI is InChI=1S/C15H19N3O3/c19-13(17-11-4-1-2-5-11)10-18-8-7-16-15(18)14(20)12-6-3-9-21-12/h3,6-9,11,14,20H,1-2,4-5,10H2,(H,17,19)/t14-/m1/s1. The summed E-state index contributed by atoms with van der Waals surface area (Å²) in [5.41, 5.74) is 0. The number of aliphatic hydroxyl groups is 1. The summed E-state index contributed by atoms with van der Waals surface area (Å²) in [6.45, 7) is 0.156. The maximum atomic E-state index is 12.1. The number of aromatic nitrogens is 2. The van der Waals surface area contributed by atoms with Crippen LogP contribution in [-0.4, -0.2) is 26.6 Å². The fourth-order valence-corrected chi connectivity index (χ4v) is 2.77. The second-order valence-corrected chi connectivity index (χ2v) is 5.38. The maximum Gasteiger partial charge on any atom is 0.240 e. The highest BCUT2D eigenvalue weighted by atomic mass is 16.4. The molecule has 2 aromatic rings. The molecule has 0 bridgehead atoms. The van der Waals surface area contributed by atoms with Crippen molar-refractivity contribution in [1.82, 2.24) is 14.9 Å². The monoisotopic (exact) mass is 289 g/mol. The molecule has 6 heteroatoms. The zero-order valence-electron chi connectivity index (χ0n) is 11.7. The minimum absolute atomic E-state index is 0.0483. The molecular formula is C15H19N3O3. The van der Waals surface area contributed by atoms with Crippen molar-refractivity contribution in [2.75, 3.05) is 0 Å². The number of amides is 1. The van der Waals surface area contributed by atoms with Gasteiger partial charge in [0.1, 0.15) is 18.1 Å². The van der Waals surface area contributed by atoms with Crippen LogP contribution < -0.4 is 5.32 Å². The fourth-order valence-electron chi connectivity index (χ4n) is 2.77. The lowest BCUT2D eigenvalue weighted by Gasteiger charge is -2.14. The van der Waals surface area contributed by atoms with Gasteiger partial charge in [-0.05, 0) is 25.0 Å². The van der Waals surface area contributed by atoms with Gasteiger partial charge in [0.25, 0.3) is 0 Å². The van der Waals surface area contributed by atoms with Gasteiger partial charge < -0.3 is 19.4 Å². The number of carbonyl (C=O) groups excluding carboxylic acids is 1. The molecule has 1 aliphatic rings. The average Bonchev–Trinajstić information content (AvgIpc) is 3.20. The molecule has 112 valence electrons. The van der Waals surface area contributed by atoms with Crippen LogP contribution in [0.3, 0.4) is 0 Å². The molecule has 2 aromatic heterocycles. The molecule has 2 N–H and O–H groups in total. The van der Waals surface area contributed by atoms with Crippen molar-refractivity contribution in [2.24, 2.45) is 0 Å². The molecule has 21 heavy (non-hydrogen) atoms. The molecule has 3 rings (SSSR count). The number of rotatable bonds is 5. The Hall–Kier alpha value is -2.08. The van der Waals surface area contributed by atoms with Crippen LogP contribution in [0.2, 0.25) is 0 Å². The van der Waals surface area contributed by atoms with E-state index in [1.807, 2.05) is 0 Å². The number of aliphatic hydroxyl groups excluding tert-OH is 1. The molecule has 0 aliphatic heterocycles. The quantitative estimate of drug-likeness (QED) is 0.876. The Balaban J connectivity index is 1.66. The van der Waals surface area contributed by atoms with Gasteiger partial charge in [0.15, 0.2) is 6.10 Å². The third-order valence-corrected chi connectivity index (χ3v) is 3.84. The summed E-state index contributed by atoms with van der Waals surface area (Å²) in [5, 5.41) is 13.3. The first-order chi connectivity index (χ1) is 10.2.